The number of rotatable bonds is 1. The van der Waals surface area contributed by atoms with Crippen molar-refractivity contribution in [1.29, 1.82) is 0 Å². The first kappa shape index (κ1) is 9.32. The Kier molecular flexibility index (Phi) is 2.57. The largest absolute Gasteiger partial charge is 0.334 e. The molecule has 0 spiro atoms. The van der Waals surface area contributed by atoms with E-state index in [2.05, 4.69) is 16.0 Å². The molecule has 1 saturated heterocycles. The lowest BCUT2D eigenvalue weighted by Gasteiger charge is -2.30. The van der Waals surface area contributed by atoms with Crippen LogP contribution in [0.1, 0.15) is 20.8 Å². The van der Waals surface area contributed by atoms with E-state index in [1.807, 2.05) is 20.8 Å². The number of urea groups is 1. The van der Waals surface area contributed by atoms with Gasteiger partial charge in [-0.1, -0.05) is 0 Å². The van der Waals surface area contributed by atoms with Gasteiger partial charge in [0.25, 0.3) is 0 Å². The van der Waals surface area contributed by atoms with Gasteiger partial charge in [-0.2, -0.15) is 0 Å². The zero-order valence-corrected chi connectivity index (χ0v) is 7.90. The van der Waals surface area contributed by atoms with Gasteiger partial charge in [0.15, 0.2) is 0 Å². The van der Waals surface area contributed by atoms with E-state index < -0.39 is 0 Å². The molecule has 0 aromatic carbocycles. The van der Waals surface area contributed by atoms with Crippen LogP contribution in [0.15, 0.2) is 0 Å². The van der Waals surface area contributed by atoms with E-state index in [1.54, 1.807) is 0 Å². The molecule has 1 rings (SSSR count). The normalized spacial score (nSPS) is 18.2. The number of hydrogen-bond acceptors (Lipinski definition) is 2. The van der Waals surface area contributed by atoms with Crippen LogP contribution in [-0.4, -0.2) is 30.7 Å². The van der Waals surface area contributed by atoms with Gasteiger partial charge in [-0.15, -0.1) is 0 Å². The van der Waals surface area contributed by atoms with Crippen LogP contribution in [0.4, 0.5) is 4.79 Å². The third-order valence-electron chi connectivity index (χ3n) is 1.61. The fraction of sp³-hybridized carbons (Fsp3) is 0.875. The van der Waals surface area contributed by atoms with Crippen LogP contribution in [0.25, 0.3) is 0 Å². The summed E-state index contributed by atoms with van der Waals surface area (Å²) < 4.78 is 0. The standard InChI is InChI=1S/C8H17N3O/c1-8(2,3)11-7(12)10-6-4-9-5-6/h6,9H,4-5H2,1-3H3,(H2,10,11,12). The van der Waals surface area contributed by atoms with Gasteiger partial charge in [-0.3, -0.25) is 0 Å². The summed E-state index contributed by atoms with van der Waals surface area (Å²) in [6, 6.07) is 0.237. The highest BCUT2D eigenvalue weighted by Crippen LogP contribution is 1.98. The molecule has 4 nitrogen and oxygen atoms in total. The molecule has 70 valence electrons. The number of carbonyl (C=O) groups is 1. The smallest absolute Gasteiger partial charge is 0.315 e. The van der Waals surface area contributed by atoms with Crippen molar-refractivity contribution in [2.45, 2.75) is 32.4 Å². The Bertz CT molecular complexity index is 170. The van der Waals surface area contributed by atoms with Crippen LogP contribution in [-0.2, 0) is 0 Å². The summed E-state index contributed by atoms with van der Waals surface area (Å²) in [6.45, 7) is 7.66. The van der Waals surface area contributed by atoms with Crippen molar-refractivity contribution in [2.75, 3.05) is 13.1 Å². The van der Waals surface area contributed by atoms with Gasteiger partial charge in [-0.25, -0.2) is 4.79 Å². The van der Waals surface area contributed by atoms with Gasteiger partial charge >= 0.3 is 6.03 Å². The topological polar surface area (TPSA) is 53.2 Å². The molecule has 0 radical (unpaired) electrons. The first-order valence-corrected chi connectivity index (χ1v) is 4.27. The first-order chi connectivity index (χ1) is 5.47. The summed E-state index contributed by atoms with van der Waals surface area (Å²) in [7, 11) is 0. The van der Waals surface area contributed by atoms with Crippen molar-refractivity contribution >= 4 is 6.03 Å². The molecule has 0 aromatic heterocycles. The third kappa shape index (κ3) is 3.09. The zero-order chi connectivity index (χ0) is 9.19. The molecule has 1 aliphatic heterocycles. The monoisotopic (exact) mass is 171 g/mol. The van der Waals surface area contributed by atoms with E-state index in [-0.39, 0.29) is 11.6 Å². The number of carbonyl (C=O) groups excluding carboxylic acids is 1. The number of nitrogens with one attached hydrogen (secondary N) is 3. The molecule has 0 atom stereocenters. The SMILES string of the molecule is CC(C)(C)NC(=O)NC1CNC1. The van der Waals surface area contributed by atoms with Gasteiger partial charge < -0.3 is 16.0 Å². The van der Waals surface area contributed by atoms with Crippen molar-refractivity contribution in [3.63, 3.8) is 0 Å². The van der Waals surface area contributed by atoms with E-state index in [1.165, 1.54) is 0 Å². The minimum atomic E-state index is -0.152. The molecule has 1 aliphatic rings. The lowest BCUT2D eigenvalue weighted by atomic mass is 10.1. The van der Waals surface area contributed by atoms with E-state index in [0.717, 1.165) is 13.1 Å². The van der Waals surface area contributed by atoms with E-state index in [4.69, 9.17) is 0 Å². The zero-order valence-electron chi connectivity index (χ0n) is 7.90. The molecule has 1 fully saturated rings. The van der Waals surface area contributed by atoms with E-state index >= 15 is 0 Å². The fourth-order valence-electron chi connectivity index (χ4n) is 0.953. The molecular weight excluding hydrogens is 154 g/mol. The van der Waals surface area contributed by atoms with Crippen molar-refractivity contribution in [1.82, 2.24) is 16.0 Å². The predicted octanol–water partition coefficient (Wildman–Crippen LogP) is 0.0559. The van der Waals surface area contributed by atoms with Gasteiger partial charge in [0.05, 0.1) is 6.04 Å². The maximum Gasteiger partial charge on any atom is 0.315 e. The maximum atomic E-state index is 11.2. The quantitative estimate of drug-likeness (QED) is 0.522. The molecule has 1 heterocycles. The predicted molar refractivity (Wildman–Crippen MR) is 48.1 cm³/mol. The Hall–Kier alpha value is -0.770. The lowest BCUT2D eigenvalue weighted by Crippen LogP contribution is -2.60. The van der Waals surface area contributed by atoms with E-state index in [9.17, 15) is 4.79 Å². The van der Waals surface area contributed by atoms with Gasteiger partial charge in [0.1, 0.15) is 0 Å². The molecule has 0 aromatic rings. The molecule has 4 heteroatoms. The maximum absolute atomic E-state index is 11.2. The highest BCUT2D eigenvalue weighted by atomic mass is 16.2. The summed E-state index contributed by atoms with van der Waals surface area (Å²) in [5, 5.41) is 8.79. The van der Waals surface area contributed by atoms with Crippen LogP contribution >= 0.6 is 0 Å². The molecule has 0 aliphatic carbocycles. The van der Waals surface area contributed by atoms with Crippen LogP contribution in [0.3, 0.4) is 0 Å². The molecule has 3 N–H and O–H groups in total. The molecule has 12 heavy (non-hydrogen) atoms. The van der Waals surface area contributed by atoms with Gasteiger partial charge in [-0.05, 0) is 20.8 Å². The minimum Gasteiger partial charge on any atom is -0.334 e. The second-order valence-electron chi connectivity index (χ2n) is 4.20. The van der Waals surface area contributed by atoms with Crippen molar-refractivity contribution in [3.8, 4) is 0 Å². The molecule has 0 unspecified atom stereocenters. The second-order valence-corrected chi connectivity index (χ2v) is 4.20. The van der Waals surface area contributed by atoms with Crippen LogP contribution < -0.4 is 16.0 Å². The van der Waals surface area contributed by atoms with Crippen molar-refractivity contribution in [2.24, 2.45) is 0 Å². The number of hydrogen-bond donors (Lipinski definition) is 3. The van der Waals surface area contributed by atoms with Crippen molar-refractivity contribution in [3.05, 3.63) is 0 Å². The summed E-state index contributed by atoms with van der Waals surface area (Å²) in [4.78, 5) is 11.2. The Morgan fingerprint density at radius 3 is 2.33 bits per heavy atom. The van der Waals surface area contributed by atoms with E-state index in [0.29, 0.717) is 6.04 Å². The lowest BCUT2D eigenvalue weighted by molar-refractivity contribution is 0.222. The molecule has 0 bridgehead atoms. The van der Waals surface area contributed by atoms with Gasteiger partial charge in [0, 0.05) is 18.6 Å². The van der Waals surface area contributed by atoms with Crippen LogP contribution in [0.2, 0.25) is 0 Å². The highest BCUT2D eigenvalue weighted by Gasteiger charge is 2.20. The number of amides is 2. The van der Waals surface area contributed by atoms with Crippen LogP contribution in [0.5, 0.6) is 0 Å². The molecular formula is C8H17N3O. The van der Waals surface area contributed by atoms with Crippen LogP contribution in [0, 0.1) is 0 Å². The first-order valence-electron chi connectivity index (χ1n) is 4.27. The summed E-state index contributed by atoms with van der Waals surface area (Å²) in [5.41, 5.74) is -0.152. The average molecular weight is 171 g/mol. The fourth-order valence-corrected chi connectivity index (χ4v) is 0.953. The summed E-state index contributed by atoms with van der Waals surface area (Å²) >= 11 is 0. The second kappa shape index (κ2) is 3.31. The molecule has 2 amide bonds. The third-order valence-corrected chi connectivity index (χ3v) is 1.61. The minimum absolute atomic E-state index is 0.0750. The Morgan fingerprint density at radius 2 is 2.00 bits per heavy atom. The average Bonchev–Trinajstić information content (AvgIpc) is 1.74. The Morgan fingerprint density at radius 1 is 1.42 bits per heavy atom. The Labute approximate surface area is 73.1 Å². The van der Waals surface area contributed by atoms with Crippen molar-refractivity contribution < 1.29 is 4.79 Å². The summed E-state index contributed by atoms with van der Waals surface area (Å²) in [5.74, 6) is 0. The highest BCUT2D eigenvalue weighted by molar-refractivity contribution is 5.75. The van der Waals surface area contributed by atoms with Gasteiger partial charge in [0.2, 0.25) is 0 Å². The Balaban J connectivity index is 2.19. The summed E-state index contributed by atoms with van der Waals surface area (Å²) in [6.07, 6.45) is 0. The molecule has 0 saturated carbocycles.